The number of nitrogens with zero attached hydrogens (tertiary/aromatic N) is 2. The van der Waals surface area contributed by atoms with Crippen LogP contribution >= 0.6 is 11.3 Å². The topological polar surface area (TPSA) is 101 Å². The maximum atomic E-state index is 14.4. The Morgan fingerprint density at radius 1 is 0.979 bits per heavy atom. The molecule has 9 heteroatoms. The smallest absolute Gasteiger partial charge is 0.246 e. The number of anilines is 1. The van der Waals surface area contributed by atoms with Crippen molar-refractivity contribution in [1.29, 1.82) is 0 Å². The molecule has 0 saturated heterocycles. The van der Waals surface area contributed by atoms with Gasteiger partial charge < -0.3 is 24.8 Å². The molecule has 0 spiro atoms. The van der Waals surface area contributed by atoms with Crippen molar-refractivity contribution in [3.63, 3.8) is 0 Å². The van der Waals surface area contributed by atoms with Crippen molar-refractivity contribution < 1.29 is 24.2 Å². The van der Waals surface area contributed by atoms with Crippen LogP contribution < -0.4 is 15.0 Å². The molecular weight excluding hydrogens is 623 g/mol. The van der Waals surface area contributed by atoms with Crippen LogP contribution in [0.4, 0.5) is 5.69 Å². The summed E-state index contributed by atoms with van der Waals surface area (Å²) < 4.78 is 10.8. The van der Waals surface area contributed by atoms with Gasteiger partial charge >= 0.3 is 0 Å². The van der Waals surface area contributed by atoms with E-state index in [-0.39, 0.29) is 37.0 Å². The number of thiazole rings is 1. The Hall–Kier alpha value is -3.27. The zero-order chi connectivity index (χ0) is 33.5. The first-order chi connectivity index (χ1) is 23.4. The fourth-order valence-corrected chi connectivity index (χ4v) is 8.57. The molecule has 2 amide bonds. The van der Waals surface area contributed by atoms with Gasteiger partial charge in [-0.3, -0.25) is 9.59 Å². The molecule has 8 nitrogen and oxygen atoms in total. The number of aliphatic hydroxyl groups is 1. The van der Waals surface area contributed by atoms with Gasteiger partial charge in [0.1, 0.15) is 12.4 Å². The van der Waals surface area contributed by atoms with Crippen LogP contribution in [0.15, 0.2) is 48.7 Å². The normalized spacial score (nSPS) is 22.6. The number of carbonyl (C=O) groups excluding carboxylic acids is 2. The molecule has 3 fully saturated rings. The molecule has 3 aliphatic carbocycles. The lowest BCUT2D eigenvalue weighted by Crippen LogP contribution is -2.44. The van der Waals surface area contributed by atoms with E-state index in [2.05, 4.69) is 59.6 Å². The van der Waals surface area contributed by atoms with Gasteiger partial charge in [0, 0.05) is 49.5 Å². The van der Waals surface area contributed by atoms with E-state index in [1.54, 1.807) is 18.4 Å². The summed E-state index contributed by atoms with van der Waals surface area (Å²) in [5, 5.41) is 13.2. The number of carbonyl (C=O) groups is 2. The lowest BCUT2D eigenvalue weighted by atomic mass is 9.78. The van der Waals surface area contributed by atoms with Crippen molar-refractivity contribution in [3.8, 4) is 16.2 Å². The molecule has 258 valence electrons. The fraction of sp³-hybridized carbons (Fsp3) is 0.564. The third kappa shape index (κ3) is 8.84. The summed E-state index contributed by atoms with van der Waals surface area (Å²) in [5.41, 5.74) is 4.67. The molecule has 0 aliphatic heterocycles. The summed E-state index contributed by atoms with van der Waals surface area (Å²) in [7, 11) is 1.72. The van der Waals surface area contributed by atoms with Gasteiger partial charge in [0.2, 0.25) is 11.8 Å². The molecular formula is C39H51N3O5S. The first-order valence-corrected chi connectivity index (χ1v) is 18.7. The number of benzene rings is 2. The number of nitrogens with one attached hydrogen (secondary N) is 1. The Kier molecular flexibility index (Phi) is 11.8. The summed E-state index contributed by atoms with van der Waals surface area (Å²) in [6.45, 7) is 3.27. The average Bonchev–Trinajstić information content (AvgIpc) is 3.85. The second-order valence-electron chi connectivity index (χ2n) is 14.0. The highest BCUT2D eigenvalue weighted by atomic mass is 32.1. The van der Waals surface area contributed by atoms with Crippen LogP contribution in [0, 0.1) is 18.8 Å². The van der Waals surface area contributed by atoms with Crippen LogP contribution in [0.3, 0.4) is 0 Å². The number of amides is 2. The molecule has 48 heavy (non-hydrogen) atoms. The van der Waals surface area contributed by atoms with Gasteiger partial charge in [0.05, 0.1) is 17.0 Å². The van der Waals surface area contributed by atoms with Crippen molar-refractivity contribution in [2.24, 2.45) is 11.8 Å². The van der Waals surface area contributed by atoms with Crippen molar-refractivity contribution in [3.05, 3.63) is 64.8 Å². The molecule has 0 bridgehead atoms. The van der Waals surface area contributed by atoms with Crippen LogP contribution in [-0.2, 0) is 14.3 Å². The number of aliphatic hydroxyl groups excluding tert-OH is 1. The highest BCUT2D eigenvalue weighted by molar-refractivity contribution is 7.15. The molecule has 2 N–H and O–H groups in total. The van der Waals surface area contributed by atoms with E-state index in [9.17, 15) is 9.59 Å². The third-order valence-electron chi connectivity index (χ3n) is 10.5. The molecule has 6 rings (SSSR count). The van der Waals surface area contributed by atoms with Gasteiger partial charge in [-0.05, 0) is 124 Å². The van der Waals surface area contributed by atoms with Gasteiger partial charge in [0.15, 0.2) is 0 Å². The number of methoxy groups -OCH3 is 1. The Morgan fingerprint density at radius 3 is 2.46 bits per heavy atom. The van der Waals surface area contributed by atoms with Crippen LogP contribution in [0.5, 0.6) is 5.75 Å². The number of aryl methyl sites for hydroxylation is 1. The number of hydrogen-bond donors (Lipinski definition) is 2. The standard InChI is InChI=1S/C39H51N3O5S/c1-26-21-31(15-18-35(26)46-2)28-9-7-27(8-10-28)24-42(34-6-3-5-32(22-34)36-23-40-38(48-36)29-11-12-29)39(45)30-13-16-33(17-14-30)41-37(44)25-47-20-4-19-43/h3,5-6,15,18,21-23,27-30,33,43H,4,7-14,16-17,19-20,24-25H2,1-2H3,(H,41,44). The Bertz CT molecular complexity index is 1520. The van der Waals surface area contributed by atoms with Crippen molar-refractivity contribution in [1.82, 2.24) is 10.3 Å². The molecule has 0 radical (unpaired) electrons. The molecule has 1 heterocycles. The van der Waals surface area contributed by atoms with Gasteiger partial charge in [-0.15, -0.1) is 11.3 Å². The minimum Gasteiger partial charge on any atom is -0.496 e. The highest BCUT2D eigenvalue weighted by Crippen LogP contribution is 2.44. The zero-order valence-electron chi connectivity index (χ0n) is 28.5. The quantitative estimate of drug-likeness (QED) is 0.173. The molecule has 3 saturated carbocycles. The summed E-state index contributed by atoms with van der Waals surface area (Å²) in [4.78, 5) is 34.8. The second-order valence-corrected chi connectivity index (χ2v) is 15.1. The second kappa shape index (κ2) is 16.4. The van der Waals surface area contributed by atoms with Crippen molar-refractivity contribution >= 4 is 28.8 Å². The summed E-state index contributed by atoms with van der Waals surface area (Å²) in [6.07, 6.45) is 12.5. The van der Waals surface area contributed by atoms with Crippen LogP contribution in [0.1, 0.15) is 98.6 Å². The largest absolute Gasteiger partial charge is 0.496 e. The number of rotatable bonds is 14. The van der Waals surface area contributed by atoms with E-state index in [1.165, 1.54) is 29.0 Å². The zero-order valence-corrected chi connectivity index (χ0v) is 29.3. The minimum atomic E-state index is -0.130. The number of hydrogen-bond acceptors (Lipinski definition) is 7. The predicted molar refractivity (Wildman–Crippen MR) is 191 cm³/mol. The Balaban J connectivity index is 1.12. The maximum Gasteiger partial charge on any atom is 0.246 e. The lowest BCUT2D eigenvalue weighted by Gasteiger charge is -2.36. The molecule has 3 aliphatic rings. The maximum absolute atomic E-state index is 14.4. The summed E-state index contributed by atoms with van der Waals surface area (Å²) in [6, 6.07) is 15.2. The first-order valence-electron chi connectivity index (χ1n) is 17.9. The summed E-state index contributed by atoms with van der Waals surface area (Å²) in [5.74, 6) is 2.56. The van der Waals surface area contributed by atoms with E-state index in [4.69, 9.17) is 19.6 Å². The minimum absolute atomic E-state index is 0.00516. The fourth-order valence-electron chi connectivity index (χ4n) is 7.49. The molecule has 3 aromatic rings. The SMILES string of the molecule is COc1ccc(C2CCC(CN(C(=O)C3CCC(NC(=O)COCCCO)CC3)c3cccc(-c4cnc(C5CC5)s4)c3)CC2)cc1C. The van der Waals surface area contributed by atoms with Crippen LogP contribution in [0.25, 0.3) is 10.4 Å². The highest BCUT2D eigenvalue weighted by Gasteiger charge is 2.33. The van der Waals surface area contributed by atoms with Gasteiger partial charge in [-0.2, -0.15) is 0 Å². The molecule has 2 aromatic carbocycles. The average molecular weight is 674 g/mol. The monoisotopic (exact) mass is 673 g/mol. The Labute approximate surface area is 289 Å². The third-order valence-corrected chi connectivity index (χ3v) is 11.7. The Morgan fingerprint density at radius 2 is 1.75 bits per heavy atom. The van der Waals surface area contributed by atoms with Crippen molar-refractivity contribution in [2.75, 3.05) is 38.4 Å². The number of aromatic nitrogens is 1. The lowest BCUT2D eigenvalue weighted by molar-refractivity contribution is -0.127. The molecule has 1 aromatic heterocycles. The van der Waals surface area contributed by atoms with Gasteiger partial charge in [-0.1, -0.05) is 24.3 Å². The van der Waals surface area contributed by atoms with E-state index in [0.29, 0.717) is 30.8 Å². The van der Waals surface area contributed by atoms with Gasteiger partial charge in [0.25, 0.3) is 0 Å². The number of ether oxygens (including phenoxy) is 2. The summed E-state index contributed by atoms with van der Waals surface area (Å²) >= 11 is 1.79. The van der Waals surface area contributed by atoms with E-state index in [1.807, 2.05) is 6.20 Å². The van der Waals surface area contributed by atoms with Crippen LogP contribution in [-0.4, -0.2) is 61.4 Å². The molecule has 0 unspecified atom stereocenters. The first kappa shape index (κ1) is 34.6. The van der Waals surface area contributed by atoms with E-state index >= 15 is 0 Å². The van der Waals surface area contributed by atoms with Gasteiger partial charge in [-0.25, -0.2) is 4.98 Å². The van der Waals surface area contributed by atoms with E-state index < -0.39 is 0 Å². The van der Waals surface area contributed by atoms with E-state index in [0.717, 1.165) is 79.8 Å². The predicted octanol–water partition coefficient (Wildman–Crippen LogP) is 7.39. The van der Waals surface area contributed by atoms with Crippen LogP contribution in [0.2, 0.25) is 0 Å². The van der Waals surface area contributed by atoms with Crippen molar-refractivity contribution in [2.45, 2.75) is 95.4 Å². The molecule has 0 atom stereocenters.